The van der Waals surface area contributed by atoms with Crippen molar-refractivity contribution >= 4 is 54.4 Å². The van der Waals surface area contributed by atoms with E-state index in [9.17, 15) is 15.0 Å². The largest absolute Gasteiger partial charge is 0.506 e. The van der Waals surface area contributed by atoms with E-state index in [1.807, 2.05) is 49.4 Å². The van der Waals surface area contributed by atoms with Crippen molar-refractivity contribution in [1.82, 2.24) is 0 Å². The monoisotopic (exact) mass is 521 g/mol. The molecule has 5 nitrogen and oxygen atoms in total. The maximum Gasteiger partial charge on any atom is 0.412 e. The Morgan fingerprint density at radius 1 is 1.14 bits per heavy atom. The molecule has 0 bridgehead atoms. The normalized spacial score (nSPS) is 13.1. The number of nitrogens with one attached hydrogen (secondary N) is 1. The highest BCUT2D eigenvalue weighted by Gasteiger charge is 2.27. The molecule has 0 heterocycles. The van der Waals surface area contributed by atoms with E-state index < -0.39 is 12.2 Å². The van der Waals surface area contributed by atoms with E-state index >= 15 is 0 Å². The quantitative estimate of drug-likeness (QED) is 0.351. The fourth-order valence-corrected chi connectivity index (χ4v) is 4.49. The first-order valence-corrected chi connectivity index (χ1v) is 10.7. The Morgan fingerprint density at radius 3 is 2.62 bits per heavy atom. The van der Waals surface area contributed by atoms with Crippen molar-refractivity contribution in [2.24, 2.45) is 5.92 Å². The van der Waals surface area contributed by atoms with E-state index in [4.69, 9.17) is 4.74 Å². The van der Waals surface area contributed by atoms with Crippen LogP contribution in [0.15, 0.2) is 63.5 Å². The highest BCUT2D eigenvalue weighted by Crippen LogP contribution is 2.40. The molecule has 0 aliphatic carbocycles. The fourth-order valence-electron chi connectivity index (χ4n) is 3.23. The number of amides is 1. The Labute approximate surface area is 186 Å². The fraction of sp³-hybridized carbons (Fsp3) is 0.227. The van der Waals surface area contributed by atoms with Gasteiger partial charge in [-0.1, -0.05) is 59.3 Å². The smallest absolute Gasteiger partial charge is 0.412 e. The van der Waals surface area contributed by atoms with Gasteiger partial charge in [0.2, 0.25) is 0 Å². The molecule has 0 saturated heterocycles. The second-order valence-corrected chi connectivity index (χ2v) is 8.56. The molecule has 1 amide bonds. The average Bonchev–Trinajstić information content (AvgIpc) is 2.69. The molecular formula is C22H21Br2NO4. The molecule has 7 heteroatoms. The summed E-state index contributed by atoms with van der Waals surface area (Å²) in [5, 5.41) is 24.6. The zero-order valence-electron chi connectivity index (χ0n) is 15.7. The van der Waals surface area contributed by atoms with Crippen molar-refractivity contribution in [2.45, 2.75) is 19.4 Å². The molecular weight excluding hydrogens is 502 g/mol. The van der Waals surface area contributed by atoms with Crippen LogP contribution >= 0.6 is 31.9 Å². The number of carbonyl (C=O) groups is 1. The summed E-state index contributed by atoms with van der Waals surface area (Å²) in [5.74, 6) is -0.216. The number of fused-ring (bicyclic) bond motifs is 1. The van der Waals surface area contributed by atoms with E-state index in [1.165, 1.54) is 0 Å². The van der Waals surface area contributed by atoms with Crippen molar-refractivity contribution in [3.8, 4) is 5.75 Å². The van der Waals surface area contributed by atoms with Crippen LogP contribution in [0, 0.1) is 5.92 Å². The number of phenols is 1. The van der Waals surface area contributed by atoms with Crippen LogP contribution in [-0.4, -0.2) is 22.9 Å². The minimum Gasteiger partial charge on any atom is -0.506 e. The van der Waals surface area contributed by atoms with Crippen molar-refractivity contribution in [3.63, 3.8) is 0 Å². The van der Waals surface area contributed by atoms with Crippen LogP contribution in [-0.2, 0) is 4.74 Å². The summed E-state index contributed by atoms with van der Waals surface area (Å²) in [6, 6.07) is 16.8. The minimum atomic E-state index is -0.745. The number of phenolic OH excluding ortho intramolecular Hbond substituents is 1. The lowest BCUT2D eigenvalue weighted by molar-refractivity contribution is 0.0651. The van der Waals surface area contributed by atoms with Gasteiger partial charge in [0, 0.05) is 22.0 Å². The van der Waals surface area contributed by atoms with Crippen LogP contribution in [0.5, 0.6) is 5.75 Å². The van der Waals surface area contributed by atoms with E-state index in [0.29, 0.717) is 22.1 Å². The second kappa shape index (κ2) is 9.61. The highest BCUT2D eigenvalue weighted by molar-refractivity contribution is 9.11. The first-order chi connectivity index (χ1) is 13.9. The number of rotatable bonds is 6. The number of aliphatic hydroxyl groups excluding tert-OH is 1. The Balaban J connectivity index is 1.89. The van der Waals surface area contributed by atoms with Crippen LogP contribution in [0.2, 0.25) is 0 Å². The number of hydrogen-bond donors (Lipinski definition) is 3. The number of halogens is 2. The van der Waals surface area contributed by atoms with Crippen LogP contribution in [0.4, 0.5) is 10.5 Å². The molecule has 3 aromatic carbocycles. The third kappa shape index (κ3) is 5.10. The molecule has 2 atom stereocenters. The maximum absolute atomic E-state index is 12.7. The molecule has 0 aliphatic rings. The molecule has 0 fully saturated rings. The summed E-state index contributed by atoms with van der Waals surface area (Å²) in [6.45, 7) is 1.81. The molecule has 0 saturated carbocycles. The first-order valence-electron chi connectivity index (χ1n) is 9.15. The van der Waals surface area contributed by atoms with Crippen molar-refractivity contribution < 1.29 is 19.7 Å². The van der Waals surface area contributed by atoms with Crippen molar-refractivity contribution in [2.75, 3.05) is 11.9 Å². The number of carbonyl (C=O) groups excluding carboxylic acids is 1. The predicted octanol–water partition coefficient (Wildman–Crippen LogP) is 6.38. The standard InChI is InChI=1S/C22H21Br2NO4/c1-13(9-10-26)21(17-11-15(23)12-18(24)20(17)27)29-22(28)25-19-8-4-6-14-5-2-3-7-16(14)19/h2-8,11-13,21,26-27H,9-10H2,1H3,(H,25,28)/t13-,21-/m0/s1. The topological polar surface area (TPSA) is 78.8 Å². The van der Waals surface area contributed by atoms with E-state index in [2.05, 4.69) is 37.2 Å². The molecule has 3 N–H and O–H groups in total. The number of anilines is 1. The van der Waals surface area contributed by atoms with Gasteiger partial charge in [-0.15, -0.1) is 0 Å². The van der Waals surface area contributed by atoms with E-state index in [-0.39, 0.29) is 18.3 Å². The lowest BCUT2D eigenvalue weighted by Crippen LogP contribution is -2.23. The summed E-state index contributed by atoms with van der Waals surface area (Å²) >= 11 is 6.72. The van der Waals surface area contributed by atoms with E-state index in [0.717, 1.165) is 15.2 Å². The third-order valence-electron chi connectivity index (χ3n) is 4.73. The van der Waals surface area contributed by atoms with Gasteiger partial charge in [-0.25, -0.2) is 4.79 Å². The molecule has 0 aromatic heterocycles. The molecule has 152 valence electrons. The number of ether oxygens (including phenoxy) is 1. The number of aliphatic hydroxyl groups is 1. The average molecular weight is 523 g/mol. The van der Waals surface area contributed by atoms with Gasteiger partial charge in [0.15, 0.2) is 0 Å². The summed E-state index contributed by atoms with van der Waals surface area (Å²) < 4.78 is 6.95. The molecule has 0 spiro atoms. The van der Waals surface area contributed by atoms with Crippen LogP contribution in [0.25, 0.3) is 10.8 Å². The molecule has 3 rings (SSSR count). The summed E-state index contributed by atoms with van der Waals surface area (Å²) in [6.07, 6.45) is -0.965. The lowest BCUT2D eigenvalue weighted by Gasteiger charge is -2.25. The Bertz CT molecular complexity index is 1020. The maximum atomic E-state index is 12.7. The Hall–Kier alpha value is -2.09. The first kappa shape index (κ1) is 21.6. The van der Waals surface area contributed by atoms with Gasteiger partial charge in [0.05, 0.1) is 10.2 Å². The SMILES string of the molecule is C[C@@H](CCO)[C@H](OC(=O)Nc1cccc2ccccc12)c1cc(Br)cc(Br)c1O. The van der Waals surface area contributed by atoms with Gasteiger partial charge in [0.25, 0.3) is 0 Å². The number of benzene rings is 3. The van der Waals surface area contributed by atoms with Crippen LogP contribution in [0.3, 0.4) is 0 Å². The Kier molecular flexibility index (Phi) is 7.16. The summed E-state index contributed by atoms with van der Waals surface area (Å²) in [7, 11) is 0. The van der Waals surface area contributed by atoms with Gasteiger partial charge in [0.1, 0.15) is 11.9 Å². The summed E-state index contributed by atoms with van der Waals surface area (Å²) in [4.78, 5) is 12.7. The van der Waals surface area contributed by atoms with Gasteiger partial charge < -0.3 is 14.9 Å². The molecule has 0 radical (unpaired) electrons. The minimum absolute atomic E-state index is 0.000880. The Morgan fingerprint density at radius 2 is 1.86 bits per heavy atom. The zero-order valence-corrected chi connectivity index (χ0v) is 18.9. The number of aromatic hydroxyl groups is 1. The van der Waals surface area contributed by atoms with Crippen molar-refractivity contribution in [1.29, 1.82) is 0 Å². The van der Waals surface area contributed by atoms with E-state index in [1.54, 1.807) is 12.1 Å². The van der Waals surface area contributed by atoms with Gasteiger partial charge >= 0.3 is 6.09 Å². The lowest BCUT2D eigenvalue weighted by atomic mass is 9.94. The van der Waals surface area contributed by atoms with Gasteiger partial charge in [-0.3, -0.25) is 5.32 Å². The molecule has 3 aromatic rings. The number of hydrogen-bond acceptors (Lipinski definition) is 4. The summed E-state index contributed by atoms with van der Waals surface area (Å²) in [5.41, 5.74) is 1.10. The molecule has 29 heavy (non-hydrogen) atoms. The highest BCUT2D eigenvalue weighted by atomic mass is 79.9. The second-order valence-electron chi connectivity index (χ2n) is 6.79. The molecule has 0 aliphatic heterocycles. The van der Waals surface area contributed by atoms with Crippen LogP contribution in [0.1, 0.15) is 25.0 Å². The zero-order chi connectivity index (χ0) is 21.0. The third-order valence-corrected chi connectivity index (χ3v) is 5.79. The van der Waals surface area contributed by atoms with Crippen molar-refractivity contribution in [3.05, 3.63) is 69.1 Å². The molecule has 0 unspecified atom stereocenters. The van der Waals surface area contributed by atoms with Gasteiger partial charge in [-0.05, 0) is 51.9 Å². The van der Waals surface area contributed by atoms with Gasteiger partial charge in [-0.2, -0.15) is 0 Å². The van der Waals surface area contributed by atoms with Crippen LogP contribution < -0.4 is 5.32 Å². The predicted molar refractivity (Wildman–Crippen MR) is 121 cm³/mol.